The van der Waals surface area contributed by atoms with E-state index in [0.717, 1.165) is 23.4 Å². The van der Waals surface area contributed by atoms with Crippen molar-refractivity contribution in [2.24, 2.45) is 0 Å². The maximum Gasteiger partial charge on any atom is 0.234 e. The molecule has 1 saturated carbocycles. The Labute approximate surface area is 107 Å². The fraction of sp³-hybridized carbons (Fsp3) is 0.462. The standard InChI is InChI=1S/C13H17ClN2O/c1-9(11-4-2-3-5-12(11)14)15-8-13(17)16-10-6-7-10/h2-5,9-10,15H,6-8H2,1H3,(H,16,17). The fourth-order valence-electron chi connectivity index (χ4n) is 1.69. The zero-order valence-electron chi connectivity index (χ0n) is 9.87. The number of carbonyl (C=O) groups excluding carboxylic acids is 1. The zero-order chi connectivity index (χ0) is 12.3. The summed E-state index contributed by atoms with van der Waals surface area (Å²) in [5.74, 6) is 0.0615. The van der Waals surface area contributed by atoms with Crippen LogP contribution in [0.4, 0.5) is 0 Å². The summed E-state index contributed by atoms with van der Waals surface area (Å²) in [7, 11) is 0. The lowest BCUT2D eigenvalue weighted by Gasteiger charge is -2.15. The van der Waals surface area contributed by atoms with E-state index in [2.05, 4.69) is 10.6 Å². The van der Waals surface area contributed by atoms with Crippen molar-refractivity contribution in [1.29, 1.82) is 0 Å². The van der Waals surface area contributed by atoms with E-state index in [1.807, 2.05) is 31.2 Å². The van der Waals surface area contributed by atoms with Gasteiger partial charge in [-0.05, 0) is 31.4 Å². The Balaban J connectivity index is 1.82. The third-order valence-electron chi connectivity index (χ3n) is 2.88. The topological polar surface area (TPSA) is 41.1 Å². The van der Waals surface area contributed by atoms with Gasteiger partial charge in [0.1, 0.15) is 0 Å². The minimum Gasteiger partial charge on any atom is -0.352 e. The van der Waals surface area contributed by atoms with Crippen LogP contribution in [-0.4, -0.2) is 18.5 Å². The normalized spacial score (nSPS) is 16.6. The molecular weight excluding hydrogens is 236 g/mol. The number of hydrogen-bond donors (Lipinski definition) is 2. The van der Waals surface area contributed by atoms with Gasteiger partial charge in [-0.3, -0.25) is 4.79 Å². The van der Waals surface area contributed by atoms with E-state index in [1.54, 1.807) is 0 Å². The zero-order valence-corrected chi connectivity index (χ0v) is 10.6. The molecule has 0 aromatic heterocycles. The number of benzene rings is 1. The SMILES string of the molecule is CC(NCC(=O)NC1CC1)c1ccccc1Cl. The van der Waals surface area contributed by atoms with Crippen LogP contribution in [0.3, 0.4) is 0 Å². The Hall–Kier alpha value is -1.06. The molecule has 1 aliphatic carbocycles. The molecule has 1 unspecified atom stereocenters. The van der Waals surface area contributed by atoms with Crippen molar-refractivity contribution in [2.45, 2.75) is 31.8 Å². The smallest absolute Gasteiger partial charge is 0.234 e. The van der Waals surface area contributed by atoms with Crippen LogP contribution in [0.25, 0.3) is 0 Å². The van der Waals surface area contributed by atoms with Crippen LogP contribution >= 0.6 is 11.6 Å². The van der Waals surface area contributed by atoms with E-state index in [9.17, 15) is 4.79 Å². The van der Waals surface area contributed by atoms with Gasteiger partial charge in [-0.25, -0.2) is 0 Å². The minimum atomic E-state index is 0.0615. The van der Waals surface area contributed by atoms with Crippen LogP contribution in [0, 0.1) is 0 Å². The first kappa shape index (κ1) is 12.4. The van der Waals surface area contributed by atoms with Gasteiger partial charge < -0.3 is 10.6 Å². The van der Waals surface area contributed by atoms with Gasteiger partial charge in [0.2, 0.25) is 5.91 Å². The summed E-state index contributed by atoms with van der Waals surface area (Å²) in [6, 6.07) is 8.17. The molecular formula is C13H17ClN2O. The molecule has 4 heteroatoms. The molecule has 0 spiro atoms. The van der Waals surface area contributed by atoms with Gasteiger partial charge in [0.25, 0.3) is 0 Å². The molecule has 3 nitrogen and oxygen atoms in total. The van der Waals surface area contributed by atoms with E-state index in [1.165, 1.54) is 0 Å². The highest BCUT2D eigenvalue weighted by molar-refractivity contribution is 6.31. The van der Waals surface area contributed by atoms with E-state index in [0.29, 0.717) is 12.6 Å². The van der Waals surface area contributed by atoms with Gasteiger partial charge in [0, 0.05) is 17.1 Å². The predicted octanol–water partition coefficient (Wildman–Crippen LogP) is 2.27. The molecule has 0 aliphatic heterocycles. The maximum absolute atomic E-state index is 11.5. The van der Waals surface area contributed by atoms with Crippen molar-refractivity contribution in [3.8, 4) is 0 Å². The molecule has 1 aliphatic rings. The lowest BCUT2D eigenvalue weighted by Crippen LogP contribution is -2.36. The summed E-state index contributed by atoms with van der Waals surface area (Å²) in [4.78, 5) is 11.5. The van der Waals surface area contributed by atoms with Crippen molar-refractivity contribution < 1.29 is 4.79 Å². The summed E-state index contributed by atoms with van der Waals surface area (Å²) in [6.07, 6.45) is 2.23. The van der Waals surface area contributed by atoms with Gasteiger partial charge in [0.15, 0.2) is 0 Å². The lowest BCUT2D eigenvalue weighted by atomic mass is 10.1. The second-order valence-corrected chi connectivity index (χ2v) is 4.87. The number of amides is 1. The Morgan fingerprint density at radius 2 is 2.18 bits per heavy atom. The largest absolute Gasteiger partial charge is 0.352 e. The van der Waals surface area contributed by atoms with Gasteiger partial charge in [0.05, 0.1) is 6.54 Å². The number of nitrogens with one attached hydrogen (secondary N) is 2. The number of halogens is 1. The van der Waals surface area contributed by atoms with E-state index in [-0.39, 0.29) is 11.9 Å². The van der Waals surface area contributed by atoms with E-state index >= 15 is 0 Å². The van der Waals surface area contributed by atoms with Crippen LogP contribution in [-0.2, 0) is 4.79 Å². The highest BCUT2D eigenvalue weighted by Crippen LogP contribution is 2.22. The molecule has 2 rings (SSSR count). The molecule has 0 saturated heterocycles. The third-order valence-corrected chi connectivity index (χ3v) is 3.23. The highest BCUT2D eigenvalue weighted by Gasteiger charge is 2.23. The van der Waals surface area contributed by atoms with Gasteiger partial charge in [-0.2, -0.15) is 0 Å². The predicted molar refractivity (Wildman–Crippen MR) is 69.0 cm³/mol. The lowest BCUT2D eigenvalue weighted by molar-refractivity contribution is -0.120. The van der Waals surface area contributed by atoms with Crippen molar-refractivity contribution in [3.05, 3.63) is 34.9 Å². The number of rotatable bonds is 5. The molecule has 1 amide bonds. The summed E-state index contributed by atoms with van der Waals surface area (Å²) < 4.78 is 0. The molecule has 17 heavy (non-hydrogen) atoms. The Bertz CT molecular complexity index is 404. The first-order valence-corrected chi connectivity index (χ1v) is 6.32. The van der Waals surface area contributed by atoms with Crippen molar-refractivity contribution in [1.82, 2.24) is 10.6 Å². The molecule has 0 radical (unpaired) electrons. The molecule has 92 valence electrons. The van der Waals surface area contributed by atoms with Gasteiger partial charge in [-0.1, -0.05) is 29.8 Å². The molecule has 1 fully saturated rings. The summed E-state index contributed by atoms with van der Waals surface area (Å²) in [5, 5.41) is 6.85. The van der Waals surface area contributed by atoms with E-state index in [4.69, 9.17) is 11.6 Å². The molecule has 0 heterocycles. The van der Waals surface area contributed by atoms with Crippen LogP contribution in [0.1, 0.15) is 31.4 Å². The Morgan fingerprint density at radius 1 is 1.47 bits per heavy atom. The molecule has 1 aromatic rings. The van der Waals surface area contributed by atoms with Crippen LogP contribution in [0.5, 0.6) is 0 Å². The molecule has 1 aromatic carbocycles. The second kappa shape index (κ2) is 5.52. The Morgan fingerprint density at radius 3 is 2.82 bits per heavy atom. The fourth-order valence-corrected chi connectivity index (χ4v) is 1.99. The number of carbonyl (C=O) groups is 1. The van der Waals surface area contributed by atoms with Crippen LogP contribution in [0.2, 0.25) is 5.02 Å². The summed E-state index contributed by atoms with van der Waals surface area (Å²) in [6.45, 7) is 2.34. The monoisotopic (exact) mass is 252 g/mol. The van der Waals surface area contributed by atoms with Crippen LogP contribution < -0.4 is 10.6 Å². The molecule has 1 atom stereocenters. The number of hydrogen-bond acceptors (Lipinski definition) is 2. The first-order chi connectivity index (χ1) is 8.16. The van der Waals surface area contributed by atoms with Gasteiger partial charge >= 0.3 is 0 Å². The first-order valence-electron chi connectivity index (χ1n) is 5.94. The van der Waals surface area contributed by atoms with E-state index < -0.39 is 0 Å². The van der Waals surface area contributed by atoms with Gasteiger partial charge in [-0.15, -0.1) is 0 Å². The maximum atomic E-state index is 11.5. The van der Waals surface area contributed by atoms with Crippen molar-refractivity contribution >= 4 is 17.5 Å². The second-order valence-electron chi connectivity index (χ2n) is 4.47. The van der Waals surface area contributed by atoms with Crippen LogP contribution in [0.15, 0.2) is 24.3 Å². The van der Waals surface area contributed by atoms with Crippen molar-refractivity contribution in [3.63, 3.8) is 0 Å². The summed E-state index contributed by atoms with van der Waals surface area (Å²) in [5.41, 5.74) is 1.02. The molecule has 0 bridgehead atoms. The Kier molecular flexibility index (Phi) is 4.02. The highest BCUT2D eigenvalue weighted by atomic mass is 35.5. The minimum absolute atomic E-state index is 0.0615. The molecule has 2 N–H and O–H groups in total. The third kappa shape index (κ3) is 3.72. The average Bonchev–Trinajstić information content (AvgIpc) is 3.10. The van der Waals surface area contributed by atoms with Crippen molar-refractivity contribution in [2.75, 3.05) is 6.54 Å². The average molecular weight is 253 g/mol. The summed E-state index contributed by atoms with van der Waals surface area (Å²) >= 11 is 6.09. The quantitative estimate of drug-likeness (QED) is 0.844.